The van der Waals surface area contributed by atoms with E-state index in [1.165, 1.54) is 0 Å². The van der Waals surface area contributed by atoms with Crippen LogP contribution in [0, 0.1) is 5.92 Å². The van der Waals surface area contributed by atoms with Crippen molar-refractivity contribution in [2.45, 2.75) is 20.3 Å². The van der Waals surface area contributed by atoms with Crippen molar-refractivity contribution >= 4 is 40.5 Å². The van der Waals surface area contributed by atoms with Gasteiger partial charge in [0.2, 0.25) is 0 Å². The Labute approximate surface area is 131 Å². The van der Waals surface area contributed by atoms with Gasteiger partial charge in [0.15, 0.2) is 0 Å². The first-order chi connectivity index (χ1) is 9.38. The van der Waals surface area contributed by atoms with Crippen LogP contribution in [0.4, 0.5) is 0 Å². The van der Waals surface area contributed by atoms with E-state index < -0.39 is 5.97 Å². The standard InChI is InChI=1S/C14H13Cl2NO2S/c1-7(2)5-11-12(14(18)19)20-13(17-11)9-6-8(15)3-4-10(9)16/h3-4,6-7H,5H2,1-2H3,(H,18,19). The van der Waals surface area contributed by atoms with E-state index in [0.29, 0.717) is 38.6 Å². The number of aromatic carboxylic acids is 1. The van der Waals surface area contributed by atoms with Crippen LogP contribution < -0.4 is 0 Å². The third kappa shape index (κ3) is 3.32. The molecule has 6 heteroatoms. The van der Waals surface area contributed by atoms with Gasteiger partial charge in [-0.2, -0.15) is 0 Å². The van der Waals surface area contributed by atoms with Gasteiger partial charge in [-0.3, -0.25) is 0 Å². The van der Waals surface area contributed by atoms with E-state index >= 15 is 0 Å². The summed E-state index contributed by atoms with van der Waals surface area (Å²) in [5, 5.41) is 10.9. The Kier molecular flexibility index (Phi) is 4.68. The largest absolute Gasteiger partial charge is 0.477 e. The first-order valence-corrected chi connectivity index (χ1v) is 7.64. The predicted molar refractivity (Wildman–Crippen MR) is 83.1 cm³/mol. The number of nitrogens with zero attached hydrogens (tertiary/aromatic N) is 1. The molecular weight excluding hydrogens is 317 g/mol. The van der Waals surface area contributed by atoms with Crippen LogP contribution in [0.25, 0.3) is 10.6 Å². The van der Waals surface area contributed by atoms with Crippen molar-refractivity contribution in [2.24, 2.45) is 5.92 Å². The molecule has 1 N–H and O–H groups in total. The lowest BCUT2D eigenvalue weighted by Crippen LogP contribution is -2.02. The van der Waals surface area contributed by atoms with E-state index in [0.717, 1.165) is 11.3 Å². The van der Waals surface area contributed by atoms with Crippen LogP contribution in [0.1, 0.15) is 29.2 Å². The maximum atomic E-state index is 11.3. The summed E-state index contributed by atoms with van der Waals surface area (Å²) in [7, 11) is 0. The normalized spacial score (nSPS) is 11.1. The average Bonchev–Trinajstić information content (AvgIpc) is 2.75. The van der Waals surface area contributed by atoms with Gasteiger partial charge in [-0.25, -0.2) is 9.78 Å². The minimum Gasteiger partial charge on any atom is -0.477 e. The summed E-state index contributed by atoms with van der Waals surface area (Å²) < 4.78 is 0. The van der Waals surface area contributed by atoms with Gasteiger partial charge in [0, 0.05) is 10.6 Å². The van der Waals surface area contributed by atoms with Crippen LogP contribution >= 0.6 is 34.5 Å². The quantitative estimate of drug-likeness (QED) is 0.857. The minimum atomic E-state index is -0.956. The lowest BCUT2D eigenvalue weighted by Gasteiger charge is -2.02. The Morgan fingerprint density at radius 1 is 1.40 bits per heavy atom. The Morgan fingerprint density at radius 3 is 2.70 bits per heavy atom. The van der Waals surface area contributed by atoms with E-state index in [-0.39, 0.29) is 4.88 Å². The lowest BCUT2D eigenvalue weighted by atomic mass is 10.1. The molecular formula is C14H13Cl2NO2S. The molecule has 0 fully saturated rings. The number of carboxylic acids is 1. The molecule has 106 valence electrons. The van der Waals surface area contributed by atoms with Crippen LogP contribution in [-0.2, 0) is 6.42 Å². The molecule has 0 aliphatic heterocycles. The van der Waals surface area contributed by atoms with Crippen LogP contribution in [0.3, 0.4) is 0 Å². The molecule has 0 saturated heterocycles. The molecule has 0 aliphatic carbocycles. The van der Waals surface area contributed by atoms with Gasteiger partial charge in [-0.05, 0) is 30.5 Å². The summed E-state index contributed by atoms with van der Waals surface area (Å²) in [4.78, 5) is 16.0. The Balaban J connectivity index is 2.52. The Hall–Kier alpha value is -1.10. The molecule has 1 heterocycles. The van der Waals surface area contributed by atoms with Gasteiger partial charge in [0.05, 0.1) is 10.7 Å². The predicted octanol–water partition coefficient (Wildman–Crippen LogP) is 5.01. The molecule has 2 rings (SSSR count). The molecule has 0 radical (unpaired) electrons. The second-order valence-corrected chi connectivity index (χ2v) is 6.66. The third-order valence-electron chi connectivity index (χ3n) is 2.65. The second-order valence-electron chi connectivity index (χ2n) is 4.82. The fraction of sp³-hybridized carbons (Fsp3) is 0.286. The number of hydrogen-bond donors (Lipinski definition) is 1. The highest BCUT2D eigenvalue weighted by molar-refractivity contribution is 7.17. The van der Waals surface area contributed by atoms with Gasteiger partial charge in [-0.15, -0.1) is 11.3 Å². The van der Waals surface area contributed by atoms with Crippen molar-refractivity contribution in [3.8, 4) is 10.6 Å². The van der Waals surface area contributed by atoms with Gasteiger partial charge < -0.3 is 5.11 Å². The molecule has 0 amide bonds. The second kappa shape index (κ2) is 6.12. The van der Waals surface area contributed by atoms with Crippen molar-refractivity contribution in [3.63, 3.8) is 0 Å². The van der Waals surface area contributed by atoms with E-state index in [9.17, 15) is 9.90 Å². The first-order valence-electron chi connectivity index (χ1n) is 6.07. The van der Waals surface area contributed by atoms with Crippen LogP contribution in [0.5, 0.6) is 0 Å². The number of rotatable bonds is 4. The van der Waals surface area contributed by atoms with Crippen molar-refractivity contribution in [1.82, 2.24) is 4.98 Å². The van der Waals surface area contributed by atoms with E-state index in [4.69, 9.17) is 23.2 Å². The fourth-order valence-corrected chi connectivity index (χ4v) is 3.22. The Morgan fingerprint density at radius 2 is 2.10 bits per heavy atom. The number of thiazole rings is 1. The summed E-state index contributed by atoms with van der Waals surface area (Å²) >= 11 is 13.2. The number of benzene rings is 1. The van der Waals surface area contributed by atoms with Gasteiger partial charge in [-0.1, -0.05) is 37.0 Å². The summed E-state index contributed by atoms with van der Waals surface area (Å²) in [6, 6.07) is 5.07. The van der Waals surface area contributed by atoms with Gasteiger partial charge in [0.1, 0.15) is 9.88 Å². The molecule has 0 atom stereocenters. The monoisotopic (exact) mass is 329 g/mol. The zero-order valence-corrected chi connectivity index (χ0v) is 13.3. The number of carbonyl (C=O) groups is 1. The number of hydrogen-bond acceptors (Lipinski definition) is 3. The van der Waals surface area contributed by atoms with Gasteiger partial charge >= 0.3 is 5.97 Å². The SMILES string of the molecule is CC(C)Cc1nc(-c2cc(Cl)ccc2Cl)sc1C(=O)O. The summed E-state index contributed by atoms with van der Waals surface area (Å²) in [6.45, 7) is 4.05. The van der Waals surface area contributed by atoms with E-state index in [2.05, 4.69) is 4.98 Å². The first kappa shape index (κ1) is 15.3. The molecule has 2 aromatic rings. The highest BCUT2D eigenvalue weighted by Crippen LogP contribution is 2.35. The number of aromatic nitrogens is 1. The van der Waals surface area contributed by atoms with Crippen molar-refractivity contribution < 1.29 is 9.90 Å². The smallest absolute Gasteiger partial charge is 0.347 e. The maximum absolute atomic E-state index is 11.3. The molecule has 20 heavy (non-hydrogen) atoms. The maximum Gasteiger partial charge on any atom is 0.347 e. The lowest BCUT2D eigenvalue weighted by molar-refractivity contribution is 0.0700. The molecule has 3 nitrogen and oxygen atoms in total. The van der Waals surface area contributed by atoms with Crippen molar-refractivity contribution in [3.05, 3.63) is 38.8 Å². The third-order valence-corrected chi connectivity index (χ3v) is 4.34. The molecule has 1 aromatic heterocycles. The number of halogens is 2. The topological polar surface area (TPSA) is 50.2 Å². The molecule has 1 aromatic carbocycles. The zero-order valence-electron chi connectivity index (χ0n) is 11.0. The van der Waals surface area contributed by atoms with Crippen molar-refractivity contribution in [2.75, 3.05) is 0 Å². The summed E-state index contributed by atoms with van der Waals surface area (Å²) in [5.41, 5.74) is 1.27. The molecule has 0 unspecified atom stereocenters. The van der Waals surface area contributed by atoms with Crippen LogP contribution in [0.15, 0.2) is 18.2 Å². The molecule has 0 spiro atoms. The average molecular weight is 330 g/mol. The highest BCUT2D eigenvalue weighted by atomic mass is 35.5. The summed E-state index contributed by atoms with van der Waals surface area (Å²) in [6.07, 6.45) is 0.621. The van der Waals surface area contributed by atoms with Crippen LogP contribution in [0.2, 0.25) is 10.0 Å². The molecule has 0 aliphatic rings. The number of carboxylic acid groups (broad SMARTS) is 1. The van der Waals surface area contributed by atoms with E-state index in [1.54, 1.807) is 18.2 Å². The molecule has 0 bridgehead atoms. The van der Waals surface area contributed by atoms with Crippen molar-refractivity contribution in [1.29, 1.82) is 0 Å². The van der Waals surface area contributed by atoms with Gasteiger partial charge in [0.25, 0.3) is 0 Å². The zero-order chi connectivity index (χ0) is 14.9. The molecule has 0 saturated carbocycles. The summed E-state index contributed by atoms with van der Waals surface area (Å²) in [5.74, 6) is -0.625. The van der Waals surface area contributed by atoms with Crippen LogP contribution in [-0.4, -0.2) is 16.1 Å². The van der Waals surface area contributed by atoms with E-state index in [1.807, 2.05) is 13.8 Å². The minimum absolute atomic E-state index is 0.268. The highest BCUT2D eigenvalue weighted by Gasteiger charge is 2.20. The Bertz CT molecular complexity index is 653. The fourth-order valence-electron chi connectivity index (χ4n) is 1.82.